The van der Waals surface area contributed by atoms with Crippen molar-refractivity contribution < 1.29 is 36.3 Å². The Morgan fingerprint density at radius 3 is 2.23 bits per heavy atom. The van der Waals surface area contributed by atoms with Crippen molar-refractivity contribution in [3.63, 3.8) is 0 Å². The van der Waals surface area contributed by atoms with Gasteiger partial charge < -0.3 is 9.64 Å². The molecule has 2 aromatic carbocycles. The van der Waals surface area contributed by atoms with E-state index in [1.54, 1.807) is 17.0 Å². The van der Waals surface area contributed by atoms with Crippen LogP contribution < -0.4 is 4.74 Å². The number of piperidine rings is 1. The number of aromatic nitrogens is 2. The van der Waals surface area contributed by atoms with Crippen LogP contribution in [0.4, 0.5) is 8.78 Å². The molecule has 0 aliphatic carbocycles. The van der Waals surface area contributed by atoms with Gasteiger partial charge >= 0.3 is 0 Å². The molecule has 2 aromatic heterocycles. The predicted octanol–water partition coefficient (Wildman–Crippen LogP) is 5.11. The molecule has 0 bridgehead atoms. The topological polar surface area (TPSA) is 124 Å². The van der Waals surface area contributed by atoms with Crippen LogP contribution in [-0.4, -0.2) is 60.1 Å². The van der Waals surface area contributed by atoms with Gasteiger partial charge in [-0.1, -0.05) is 6.07 Å². The lowest BCUT2D eigenvalue weighted by molar-refractivity contribution is 0.0644. The number of carbonyl (C=O) groups is 3. The minimum absolute atomic E-state index is 0.0432. The number of sulfone groups is 1. The molecule has 226 valence electrons. The van der Waals surface area contributed by atoms with Gasteiger partial charge in [0, 0.05) is 61.8 Å². The van der Waals surface area contributed by atoms with Gasteiger partial charge in [-0.2, -0.15) is 0 Å². The van der Waals surface area contributed by atoms with Crippen molar-refractivity contribution in [3.8, 4) is 11.6 Å². The number of hydrogen-bond donors (Lipinski definition) is 0. The van der Waals surface area contributed by atoms with E-state index in [9.17, 15) is 31.6 Å². The Bertz CT molecular complexity index is 1800. The maximum absolute atomic E-state index is 14.0. The number of pyridine rings is 2. The molecule has 3 heterocycles. The summed E-state index contributed by atoms with van der Waals surface area (Å²) in [5.74, 6) is -2.42. The second-order valence-electron chi connectivity index (χ2n) is 10.4. The molecule has 1 amide bonds. The number of amides is 1. The molecule has 0 spiro atoms. The summed E-state index contributed by atoms with van der Waals surface area (Å²) in [7, 11) is -3.31. The Morgan fingerprint density at radius 1 is 0.909 bits per heavy atom. The maximum atomic E-state index is 14.0. The van der Waals surface area contributed by atoms with Crippen LogP contribution in [0.15, 0.2) is 84.0 Å². The molecule has 0 radical (unpaired) electrons. The van der Waals surface area contributed by atoms with E-state index in [4.69, 9.17) is 4.74 Å². The molecule has 1 saturated heterocycles. The van der Waals surface area contributed by atoms with Crippen LogP contribution in [0.1, 0.15) is 49.6 Å². The lowest BCUT2D eigenvalue weighted by Crippen LogP contribution is -2.40. The molecule has 0 saturated carbocycles. The number of hydrogen-bond acceptors (Lipinski definition) is 8. The maximum Gasteiger partial charge on any atom is 0.272 e. The molecule has 1 fully saturated rings. The fourth-order valence-electron chi connectivity index (χ4n) is 4.84. The van der Waals surface area contributed by atoms with E-state index in [-0.39, 0.29) is 53.2 Å². The van der Waals surface area contributed by atoms with Gasteiger partial charge in [-0.25, -0.2) is 22.2 Å². The Morgan fingerprint density at radius 2 is 1.64 bits per heavy atom. The Labute approximate surface area is 252 Å². The second-order valence-corrected chi connectivity index (χ2v) is 12.5. The quantitative estimate of drug-likeness (QED) is 0.237. The van der Waals surface area contributed by atoms with Crippen molar-refractivity contribution in [3.05, 3.63) is 113 Å². The Hall–Kier alpha value is -4.84. The van der Waals surface area contributed by atoms with Crippen molar-refractivity contribution in [2.45, 2.75) is 24.2 Å². The van der Waals surface area contributed by atoms with Gasteiger partial charge in [-0.15, -0.1) is 0 Å². The first kappa shape index (κ1) is 30.6. The monoisotopic (exact) mass is 619 g/mol. The number of rotatable bonds is 9. The summed E-state index contributed by atoms with van der Waals surface area (Å²) in [6.45, 7) is 0.554. The van der Waals surface area contributed by atoms with Crippen molar-refractivity contribution in [1.29, 1.82) is 0 Å². The van der Waals surface area contributed by atoms with Crippen LogP contribution in [0, 0.1) is 17.6 Å². The fraction of sp³-hybridized carbons (Fsp3) is 0.219. The number of nitrogens with zero attached hydrogens (tertiary/aromatic N) is 3. The van der Waals surface area contributed by atoms with Crippen LogP contribution in [0.25, 0.3) is 0 Å². The SMILES string of the molecule is CS(=O)(=O)c1ccc(Oc2ccc(CC(=O)c3ccc(C(=O)N4CCC(C(=O)c5ccc(F)cc5F)CC4)nc3)cn2)cc1. The van der Waals surface area contributed by atoms with E-state index in [2.05, 4.69) is 9.97 Å². The molecule has 0 atom stereocenters. The third-order valence-corrected chi connectivity index (χ3v) is 8.42. The minimum atomic E-state index is -3.31. The van der Waals surface area contributed by atoms with Gasteiger partial charge in [0.25, 0.3) is 5.91 Å². The number of Topliss-reactive ketones (excluding diaryl/α,β-unsaturated/α-hetero) is 2. The van der Waals surface area contributed by atoms with Crippen LogP contribution in [0.3, 0.4) is 0 Å². The highest BCUT2D eigenvalue weighted by Crippen LogP contribution is 2.25. The molecular weight excluding hydrogens is 592 g/mol. The summed E-state index contributed by atoms with van der Waals surface area (Å²) in [4.78, 5) is 48.6. The molecule has 12 heteroatoms. The summed E-state index contributed by atoms with van der Waals surface area (Å²) in [6, 6.07) is 15.1. The molecule has 4 aromatic rings. The second kappa shape index (κ2) is 12.8. The van der Waals surface area contributed by atoms with E-state index in [1.165, 1.54) is 48.8 Å². The van der Waals surface area contributed by atoms with Gasteiger partial charge in [-0.05, 0) is 66.9 Å². The Balaban J connectivity index is 1.13. The van der Waals surface area contributed by atoms with Gasteiger partial charge in [0.05, 0.1) is 10.5 Å². The summed E-state index contributed by atoms with van der Waals surface area (Å²) < 4.78 is 56.1. The summed E-state index contributed by atoms with van der Waals surface area (Å²) in [5.41, 5.74) is 0.951. The summed E-state index contributed by atoms with van der Waals surface area (Å²) in [5, 5.41) is 0. The first-order chi connectivity index (χ1) is 21.0. The summed E-state index contributed by atoms with van der Waals surface area (Å²) >= 11 is 0. The third-order valence-electron chi connectivity index (χ3n) is 7.29. The molecule has 5 rings (SSSR count). The Kier molecular flexibility index (Phi) is 8.91. The van der Waals surface area contributed by atoms with Gasteiger partial charge in [0.1, 0.15) is 23.1 Å². The molecule has 0 unspecified atom stereocenters. The van der Waals surface area contributed by atoms with E-state index in [1.807, 2.05) is 0 Å². The number of ether oxygens (including phenoxy) is 1. The van der Waals surface area contributed by atoms with Crippen molar-refractivity contribution >= 4 is 27.3 Å². The summed E-state index contributed by atoms with van der Waals surface area (Å²) in [6.07, 6.45) is 4.68. The number of ketones is 2. The molecule has 44 heavy (non-hydrogen) atoms. The molecule has 0 N–H and O–H groups in total. The normalized spacial score (nSPS) is 13.8. The van der Waals surface area contributed by atoms with Crippen LogP contribution in [0.5, 0.6) is 11.6 Å². The average Bonchev–Trinajstić information content (AvgIpc) is 3.01. The van der Waals surface area contributed by atoms with E-state index in [0.717, 1.165) is 18.4 Å². The number of benzene rings is 2. The lowest BCUT2D eigenvalue weighted by atomic mass is 9.88. The van der Waals surface area contributed by atoms with E-state index < -0.39 is 33.2 Å². The molecule has 1 aliphatic rings. The van der Waals surface area contributed by atoms with Crippen molar-refractivity contribution in [2.24, 2.45) is 5.92 Å². The van der Waals surface area contributed by atoms with Crippen LogP contribution in [0.2, 0.25) is 0 Å². The predicted molar refractivity (Wildman–Crippen MR) is 155 cm³/mol. The molecule has 9 nitrogen and oxygen atoms in total. The highest BCUT2D eigenvalue weighted by Gasteiger charge is 2.30. The largest absolute Gasteiger partial charge is 0.439 e. The van der Waals surface area contributed by atoms with Gasteiger partial charge in [0.2, 0.25) is 5.88 Å². The van der Waals surface area contributed by atoms with E-state index >= 15 is 0 Å². The number of halogens is 2. The van der Waals surface area contributed by atoms with Crippen molar-refractivity contribution in [2.75, 3.05) is 19.3 Å². The van der Waals surface area contributed by atoms with Crippen LogP contribution >= 0.6 is 0 Å². The smallest absolute Gasteiger partial charge is 0.272 e. The van der Waals surface area contributed by atoms with Crippen LogP contribution in [-0.2, 0) is 16.3 Å². The van der Waals surface area contributed by atoms with Gasteiger partial charge in [-0.3, -0.25) is 19.4 Å². The highest BCUT2D eigenvalue weighted by atomic mass is 32.2. The van der Waals surface area contributed by atoms with E-state index in [0.29, 0.717) is 35.8 Å². The first-order valence-electron chi connectivity index (χ1n) is 13.7. The highest BCUT2D eigenvalue weighted by molar-refractivity contribution is 7.90. The number of carbonyl (C=O) groups excluding carboxylic acids is 3. The average molecular weight is 620 g/mol. The lowest BCUT2D eigenvalue weighted by Gasteiger charge is -2.31. The zero-order valence-corrected chi connectivity index (χ0v) is 24.4. The first-order valence-corrected chi connectivity index (χ1v) is 15.6. The number of likely N-dealkylation sites (tertiary alicyclic amines) is 1. The van der Waals surface area contributed by atoms with Crippen molar-refractivity contribution in [1.82, 2.24) is 14.9 Å². The fourth-order valence-corrected chi connectivity index (χ4v) is 5.47. The molecular formula is C32H27F2N3O6S. The zero-order chi connectivity index (χ0) is 31.4. The minimum Gasteiger partial charge on any atom is -0.439 e. The standard InChI is InChI=1S/C32H27F2N3O6S/c1-44(41,42)25-7-5-24(6-8-25)43-30-11-2-20(18-36-30)16-29(38)22-3-10-28(35-19-22)32(40)37-14-12-21(13-15-37)31(39)26-9-4-23(33)17-27(26)34/h2-11,17-19,21H,12-16H2,1H3. The third kappa shape index (κ3) is 7.20. The van der Waals surface area contributed by atoms with Gasteiger partial charge in [0.15, 0.2) is 21.4 Å². The zero-order valence-electron chi connectivity index (χ0n) is 23.6. The molecule has 1 aliphatic heterocycles.